The van der Waals surface area contributed by atoms with E-state index in [1.807, 2.05) is 41.3 Å². The fourth-order valence-corrected chi connectivity index (χ4v) is 3.80. The molecule has 1 aromatic carbocycles. The standard InChI is InChI=1S/C22H25N3O2/c1-16(21(27)25-13-11-22(9-10-22)12-14-25)24-20(26)18-7-8-19(23-15-18)17-5-3-2-4-6-17/h2-8,15-16H,9-14H2,1H3,(H,24,26)/t16-/m0/s1. The minimum absolute atomic E-state index is 0.00714. The Morgan fingerprint density at radius 2 is 1.74 bits per heavy atom. The third-order valence-corrected chi connectivity index (χ3v) is 5.91. The van der Waals surface area contributed by atoms with E-state index in [1.165, 1.54) is 12.8 Å². The van der Waals surface area contributed by atoms with Gasteiger partial charge in [0.25, 0.3) is 5.91 Å². The molecule has 2 amide bonds. The second-order valence-electron chi connectivity index (χ2n) is 7.82. The van der Waals surface area contributed by atoms with Crippen LogP contribution in [0.25, 0.3) is 11.3 Å². The Labute approximate surface area is 159 Å². The van der Waals surface area contributed by atoms with E-state index in [0.29, 0.717) is 11.0 Å². The molecule has 2 fully saturated rings. The molecular formula is C22H25N3O2. The summed E-state index contributed by atoms with van der Waals surface area (Å²) in [6.45, 7) is 3.38. The quantitative estimate of drug-likeness (QED) is 0.907. The number of amides is 2. The van der Waals surface area contributed by atoms with Crippen LogP contribution in [-0.2, 0) is 4.79 Å². The molecule has 27 heavy (non-hydrogen) atoms. The molecule has 2 aromatic rings. The molecule has 1 aromatic heterocycles. The molecule has 4 rings (SSSR count). The fourth-order valence-electron chi connectivity index (χ4n) is 3.80. The van der Waals surface area contributed by atoms with Gasteiger partial charge in [-0.2, -0.15) is 0 Å². The Morgan fingerprint density at radius 1 is 1.04 bits per heavy atom. The van der Waals surface area contributed by atoms with Gasteiger partial charge in [0.1, 0.15) is 6.04 Å². The third kappa shape index (κ3) is 3.87. The first kappa shape index (κ1) is 17.7. The predicted octanol–water partition coefficient (Wildman–Crippen LogP) is 3.27. The van der Waals surface area contributed by atoms with Crippen molar-refractivity contribution < 1.29 is 9.59 Å². The van der Waals surface area contributed by atoms with Crippen molar-refractivity contribution in [3.8, 4) is 11.3 Å². The first-order valence-corrected chi connectivity index (χ1v) is 9.68. The van der Waals surface area contributed by atoms with E-state index in [2.05, 4.69) is 10.3 Å². The monoisotopic (exact) mass is 363 g/mol. The van der Waals surface area contributed by atoms with E-state index in [9.17, 15) is 9.59 Å². The van der Waals surface area contributed by atoms with Crippen LogP contribution in [0, 0.1) is 5.41 Å². The maximum absolute atomic E-state index is 12.6. The number of aromatic nitrogens is 1. The van der Waals surface area contributed by atoms with Crippen LogP contribution in [0.15, 0.2) is 48.7 Å². The number of benzene rings is 1. The molecule has 140 valence electrons. The van der Waals surface area contributed by atoms with Crippen molar-refractivity contribution in [1.82, 2.24) is 15.2 Å². The van der Waals surface area contributed by atoms with Crippen LogP contribution >= 0.6 is 0 Å². The topological polar surface area (TPSA) is 62.3 Å². The van der Waals surface area contributed by atoms with E-state index in [0.717, 1.165) is 37.2 Å². The number of nitrogens with one attached hydrogen (secondary N) is 1. The lowest BCUT2D eigenvalue weighted by molar-refractivity contribution is -0.134. The van der Waals surface area contributed by atoms with Crippen molar-refractivity contribution in [2.45, 2.75) is 38.6 Å². The lowest BCUT2D eigenvalue weighted by Crippen LogP contribution is -2.49. The summed E-state index contributed by atoms with van der Waals surface area (Å²) in [5.41, 5.74) is 2.82. The Morgan fingerprint density at radius 3 is 2.33 bits per heavy atom. The SMILES string of the molecule is C[C@H](NC(=O)c1ccc(-c2ccccc2)nc1)C(=O)N1CCC2(CC1)CC2. The zero-order valence-electron chi connectivity index (χ0n) is 15.6. The molecule has 1 N–H and O–H groups in total. The summed E-state index contributed by atoms with van der Waals surface area (Å²) in [6.07, 6.45) is 6.39. The number of hydrogen-bond acceptors (Lipinski definition) is 3. The van der Waals surface area contributed by atoms with Gasteiger partial charge in [-0.15, -0.1) is 0 Å². The van der Waals surface area contributed by atoms with Crippen molar-refractivity contribution in [2.24, 2.45) is 5.41 Å². The molecule has 0 unspecified atom stereocenters. The van der Waals surface area contributed by atoms with Crippen LogP contribution in [0.4, 0.5) is 0 Å². The van der Waals surface area contributed by atoms with E-state index in [4.69, 9.17) is 0 Å². The summed E-state index contributed by atoms with van der Waals surface area (Å²) >= 11 is 0. The fraction of sp³-hybridized carbons (Fsp3) is 0.409. The summed E-state index contributed by atoms with van der Waals surface area (Å²) < 4.78 is 0. The molecule has 5 nitrogen and oxygen atoms in total. The van der Waals surface area contributed by atoms with Crippen molar-refractivity contribution in [3.05, 3.63) is 54.2 Å². The number of hydrogen-bond donors (Lipinski definition) is 1. The van der Waals surface area contributed by atoms with Crippen molar-refractivity contribution in [1.29, 1.82) is 0 Å². The number of rotatable bonds is 4. The van der Waals surface area contributed by atoms with Gasteiger partial charge in [-0.25, -0.2) is 0 Å². The van der Waals surface area contributed by atoms with Crippen molar-refractivity contribution in [2.75, 3.05) is 13.1 Å². The highest BCUT2D eigenvalue weighted by Gasteiger charge is 2.45. The lowest BCUT2D eigenvalue weighted by Gasteiger charge is -2.33. The van der Waals surface area contributed by atoms with Crippen LogP contribution in [0.2, 0.25) is 0 Å². The highest BCUT2D eigenvalue weighted by atomic mass is 16.2. The van der Waals surface area contributed by atoms with Crippen LogP contribution in [0.5, 0.6) is 0 Å². The molecule has 2 heterocycles. The summed E-state index contributed by atoms with van der Waals surface area (Å²) in [5, 5.41) is 2.82. The normalized spacial score (nSPS) is 18.8. The van der Waals surface area contributed by atoms with Gasteiger partial charge in [-0.1, -0.05) is 30.3 Å². The maximum Gasteiger partial charge on any atom is 0.253 e. The van der Waals surface area contributed by atoms with Crippen molar-refractivity contribution >= 4 is 11.8 Å². The average molecular weight is 363 g/mol. The molecule has 1 atom stereocenters. The second-order valence-corrected chi connectivity index (χ2v) is 7.82. The van der Waals surface area contributed by atoms with Crippen LogP contribution in [0.1, 0.15) is 43.0 Å². The van der Waals surface area contributed by atoms with Crippen LogP contribution in [-0.4, -0.2) is 40.8 Å². The summed E-state index contributed by atoms with van der Waals surface area (Å²) in [7, 11) is 0. The van der Waals surface area contributed by atoms with E-state index < -0.39 is 6.04 Å². The number of carbonyl (C=O) groups excluding carboxylic acids is 2. The predicted molar refractivity (Wildman–Crippen MR) is 104 cm³/mol. The van der Waals surface area contributed by atoms with Gasteiger partial charge in [0, 0.05) is 24.8 Å². The first-order valence-electron chi connectivity index (χ1n) is 9.68. The largest absolute Gasteiger partial charge is 0.341 e. The molecule has 1 saturated carbocycles. The molecule has 1 saturated heterocycles. The number of carbonyl (C=O) groups is 2. The van der Waals surface area contributed by atoms with Gasteiger partial charge < -0.3 is 10.2 Å². The lowest BCUT2D eigenvalue weighted by atomic mass is 9.93. The molecule has 2 aliphatic rings. The zero-order valence-corrected chi connectivity index (χ0v) is 15.6. The number of likely N-dealkylation sites (tertiary alicyclic amines) is 1. The molecule has 5 heteroatoms. The molecule has 1 spiro atoms. The number of piperidine rings is 1. The Balaban J connectivity index is 1.34. The highest BCUT2D eigenvalue weighted by molar-refractivity contribution is 5.97. The van der Waals surface area contributed by atoms with Crippen molar-refractivity contribution in [3.63, 3.8) is 0 Å². The minimum atomic E-state index is -0.528. The van der Waals surface area contributed by atoms with Gasteiger partial charge in [0.15, 0.2) is 0 Å². The highest BCUT2D eigenvalue weighted by Crippen LogP contribution is 2.53. The Hall–Kier alpha value is -2.69. The summed E-state index contributed by atoms with van der Waals surface area (Å²) in [6, 6.07) is 12.9. The van der Waals surface area contributed by atoms with Gasteiger partial charge in [-0.3, -0.25) is 14.6 Å². The zero-order chi connectivity index (χ0) is 18.9. The van der Waals surface area contributed by atoms with Gasteiger partial charge in [0.2, 0.25) is 5.91 Å². The molecular weight excluding hydrogens is 338 g/mol. The van der Waals surface area contributed by atoms with Crippen LogP contribution < -0.4 is 5.32 Å². The summed E-state index contributed by atoms with van der Waals surface area (Å²) in [5.74, 6) is -0.258. The Kier molecular flexibility index (Phi) is 4.68. The number of nitrogens with zero attached hydrogens (tertiary/aromatic N) is 2. The third-order valence-electron chi connectivity index (χ3n) is 5.91. The smallest absolute Gasteiger partial charge is 0.253 e. The average Bonchev–Trinajstić information content (AvgIpc) is 3.47. The summed E-state index contributed by atoms with van der Waals surface area (Å²) in [4.78, 5) is 31.4. The molecule has 0 radical (unpaired) electrons. The molecule has 1 aliphatic heterocycles. The Bertz CT molecular complexity index is 818. The first-order chi connectivity index (χ1) is 13.1. The van der Waals surface area contributed by atoms with E-state index >= 15 is 0 Å². The van der Waals surface area contributed by atoms with Gasteiger partial charge in [-0.05, 0) is 50.2 Å². The molecule has 1 aliphatic carbocycles. The second kappa shape index (κ2) is 7.14. The minimum Gasteiger partial charge on any atom is -0.341 e. The van der Waals surface area contributed by atoms with Gasteiger partial charge in [0.05, 0.1) is 11.3 Å². The van der Waals surface area contributed by atoms with Gasteiger partial charge >= 0.3 is 0 Å². The van der Waals surface area contributed by atoms with E-state index in [-0.39, 0.29) is 11.8 Å². The molecule has 0 bridgehead atoms. The van der Waals surface area contributed by atoms with Crippen LogP contribution in [0.3, 0.4) is 0 Å². The van der Waals surface area contributed by atoms with E-state index in [1.54, 1.807) is 19.2 Å². The maximum atomic E-state index is 12.6. The number of pyridine rings is 1.